The second kappa shape index (κ2) is 9.17. The summed E-state index contributed by atoms with van der Waals surface area (Å²) >= 11 is 0. The van der Waals surface area contributed by atoms with Gasteiger partial charge in [-0.1, -0.05) is 82.2 Å². The van der Waals surface area contributed by atoms with Crippen LogP contribution in [-0.2, 0) is 11.8 Å². The van der Waals surface area contributed by atoms with Gasteiger partial charge in [-0.2, -0.15) is 0 Å². The minimum Gasteiger partial charge on any atom is -0.260 e. The van der Waals surface area contributed by atoms with Crippen LogP contribution in [-0.4, -0.2) is 4.98 Å². The van der Waals surface area contributed by atoms with Gasteiger partial charge in [0.2, 0.25) is 0 Å². The van der Waals surface area contributed by atoms with Crippen LogP contribution in [0.15, 0.2) is 42.6 Å². The van der Waals surface area contributed by atoms with E-state index in [2.05, 4.69) is 48.3 Å². The van der Waals surface area contributed by atoms with Crippen LogP contribution in [0.25, 0.3) is 0 Å². The monoisotopic (exact) mass is 334 g/mol. The molecule has 0 amide bonds. The fourth-order valence-electron chi connectivity index (χ4n) is 3.89. The molecule has 0 spiro atoms. The van der Waals surface area contributed by atoms with Crippen LogP contribution in [0.5, 0.6) is 0 Å². The zero-order chi connectivity index (χ0) is 17.4. The second-order valence-electron chi connectivity index (χ2n) is 7.77. The van der Waals surface area contributed by atoms with E-state index in [0.717, 1.165) is 12.1 Å². The first-order valence-electron chi connectivity index (χ1n) is 10.2. The molecule has 1 saturated carbocycles. The summed E-state index contributed by atoms with van der Waals surface area (Å²) in [5.41, 5.74) is 4.56. The fourth-order valence-corrected chi connectivity index (χ4v) is 3.89. The highest BCUT2D eigenvalue weighted by Crippen LogP contribution is 2.52. The van der Waals surface area contributed by atoms with Crippen molar-refractivity contribution in [3.8, 4) is 0 Å². The van der Waals surface area contributed by atoms with Crippen LogP contribution in [0.3, 0.4) is 0 Å². The Morgan fingerprint density at radius 1 is 0.920 bits per heavy atom. The first-order valence-corrected chi connectivity index (χ1v) is 10.2. The molecule has 0 aliphatic heterocycles. The van der Waals surface area contributed by atoms with Crippen molar-refractivity contribution < 1.29 is 0 Å². The Balaban J connectivity index is 1.45. The third kappa shape index (κ3) is 5.42. The molecule has 2 aromatic rings. The van der Waals surface area contributed by atoms with Gasteiger partial charge in [-0.05, 0) is 41.9 Å². The van der Waals surface area contributed by atoms with Crippen LogP contribution in [0.2, 0.25) is 0 Å². The summed E-state index contributed by atoms with van der Waals surface area (Å²) in [6, 6.07) is 16.3. The van der Waals surface area contributed by atoms with E-state index in [1.807, 2.05) is 6.07 Å². The highest BCUT2D eigenvalue weighted by molar-refractivity contribution is 5.34. The molecule has 1 heteroatoms. The summed E-state index contributed by atoms with van der Waals surface area (Å²) in [5, 5.41) is 0. The lowest BCUT2D eigenvalue weighted by atomic mass is 9.89. The summed E-state index contributed by atoms with van der Waals surface area (Å²) in [5.74, 6) is 0. The van der Waals surface area contributed by atoms with Crippen molar-refractivity contribution >= 4 is 0 Å². The summed E-state index contributed by atoms with van der Waals surface area (Å²) < 4.78 is 0. The van der Waals surface area contributed by atoms with Crippen molar-refractivity contribution in [2.45, 2.75) is 83.0 Å². The summed E-state index contributed by atoms with van der Waals surface area (Å²) in [4.78, 5) is 4.38. The maximum Gasteiger partial charge on any atom is 0.0447 e. The number of benzene rings is 1. The largest absolute Gasteiger partial charge is 0.260 e. The van der Waals surface area contributed by atoms with Crippen LogP contribution in [0.1, 0.15) is 88.0 Å². The molecule has 1 aliphatic rings. The number of nitrogens with zero attached hydrogens (tertiary/aromatic N) is 1. The van der Waals surface area contributed by atoms with Crippen molar-refractivity contribution in [3.05, 3.63) is 65.5 Å². The van der Waals surface area contributed by atoms with Crippen LogP contribution >= 0.6 is 0 Å². The molecule has 1 radical (unpaired) electrons. The maximum absolute atomic E-state index is 4.38. The van der Waals surface area contributed by atoms with Crippen molar-refractivity contribution in [3.63, 3.8) is 0 Å². The SMILES string of the molecule is CCCCCCCCCC1(c2ccc(Cc3cc[c]cn3)cc2)CC1. The van der Waals surface area contributed by atoms with Gasteiger partial charge in [0.15, 0.2) is 0 Å². The number of hydrogen-bond acceptors (Lipinski definition) is 1. The van der Waals surface area contributed by atoms with Crippen LogP contribution in [0.4, 0.5) is 0 Å². The molecule has 1 aromatic heterocycles. The minimum atomic E-state index is 0.516. The molecule has 3 rings (SSSR count). The van der Waals surface area contributed by atoms with Crippen molar-refractivity contribution in [2.24, 2.45) is 0 Å². The Morgan fingerprint density at radius 3 is 2.28 bits per heavy atom. The molecule has 0 bridgehead atoms. The zero-order valence-corrected chi connectivity index (χ0v) is 15.8. The van der Waals surface area contributed by atoms with E-state index in [1.165, 1.54) is 69.8 Å². The highest BCUT2D eigenvalue weighted by atomic mass is 14.7. The molecular weight excluding hydrogens is 302 g/mol. The number of unbranched alkanes of at least 4 members (excludes halogenated alkanes) is 6. The van der Waals surface area contributed by atoms with Gasteiger partial charge in [0, 0.05) is 24.4 Å². The van der Waals surface area contributed by atoms with E-state index in [0.29, 0.717) is 5.41 Å². The third-order valence-corrected chi connectivity index (χ3v) is 5.74. The molecule has 133 valence electrons. The van der Waals surface area contributed by atoms with E-state index in [9.17, 15) is 0 Å². The van der Waals surface area contributed by atoms with Gasteiger partial charge in [0.1, 0.15) is 0 Å². The summed E-state index contributed by atoms with van der Waals surface area (Å²) in [7, 11) is 0. The van der Waals surface area contributed by atoms with Crippen molar-refractivity contribution in [1.29, 1.82) is 0 Å². The topological polar surface area (TPSA) is 12.9 Å². The predicted molar refractivity (Wildman–Crippen MR) is 106 cm³/mol. The predicted octanol–water partition coefficient (Wildman–Crippen LogP) is 6.64. The molecule has 1 heterocycles. The van der Waals surface area contributed by atoms with E-state index in [1.54, 1.807) is 11.8 Å². The Hall–Kier alpha value is -1.63. The molecule has 25 heavy (non-hydrogen) atoms. The van der Waals surface area contributed by atoms with Gasteiger partial charge in [-0.15, -0.1) is 0 Å². The molecule has 1 fully saturated rings. The smallest absolute Gasteiger partial charge is 0.0447 e. The van der Waals surface area contributed by atoms with E-state index in [4.69, 9.17) is 0 Å². The lowest BCUT2D eigenvalue weighted by Crippen LogP contribution is -2.06. The Bertz CT molecular complexity index is 610. The maximum atomic E-state index is 4.38. The average molecular weight is 335 g/mol. The highest BCUT2D eigenvalue weighted by Gasteiger charge is 2.43. The first kappa shape index (κ1) is 18.2. The molecule has 1 aromatic carbocycles. The van der Waals surface area contributed by atoms with Crippen LogP contribution < -0.4 is 0 Å². The van der Waals surface area contributed by atoms with Gasteiger partial charge < -0.3 is 0 Å². The lowest BCUT2D eigenvalue weighted by Gasteiger charge is -2.16. The van der Waals surface area contributed by atoms with Gasteiger partial charge in [0.05, 0.1) is 0 Å². The van der Waals surface area contributed by atoms with E-state index < -0.39 is 0 Å². The van der Waals surface area contributed by atoms with Gasteiger partial charge in [-0.3, -0.25) is 4.98 Å². The Morgan fingerprint density at radius 2 is 1.64 bits per heavy atom. The molecule has 0 saturated heterocycles. The van der Waals surface area contributed by atoms with Crippen molar-refractivity contribution in [1.82, 2.24) is 4.98 Å². The third-order valence-electron chi connectivity index (χ3n) is 5.74. The average Bonchev–Trinajstić information content (AvgIpc) is 3.43. The molecule has 0 atom stereocenters. The summed E-state index contributed by atoms with van der Waals surface area (Å²) in [6.45, 7) is 2.29. The number of rotatable bonds is 11. The number of aromatic nitrogens is 1. The van der Waals surface area contributed by atoms with Gasteiger partial charge in [-0.25, -0.2) is 0 Å². The Labute approximate surface area is 153 Å². The lowest BCUT2D eigenvalue weighted by molar-refractivity contribution is 0.525. The first-order chi connectivity index (χ1) is 12.3. The second-order valence-corrected chi connectivity index (χ2v) is 7.77. The van der Waals surface area contributed by atoms with Gasteiger partial charge >= 0.3 is 0 Å². The standard InChI is InChI=1S/C24H32N/c1-2-3-4-5-6-7-9-16-24(17-18-24)22-14-12-21(13-15-22)20-23-11-8-10-19-25-23/h8,11-15,19H,2-7,9,16-18,20H2,1H3. The normalized spacial score (nSPS) is 15.2. The summed E-state index contributed by atoms with van der Waals surface area (Å²) in [6.07, 6.45) is 16.7. The number of hydrogen-bond donors (Lipinski definition) is 0. The molecule has 1 aliphatic carbocycles. The van der Waals surface area contributed by atoms with E-state index in [-0.39, 0.29) is 0 Å². The molecule has 1 nitrogen and oxygen atoms in total. The zero-order valence-electron chi connectivity index (χ0n) is 15.8. The quantitative estimate of drug-likeness (QED) is 0.419. The number of pyridine rings is 1. The minimum absolute atomic E-state index is 0.516. The molecular formula is C24H32N. The van der Waals surface area contributed by atoms with Crippen LogP contribution in [0, 0.1) is 6.07 Å². The Kier molecular flexibility index (Phi) is 6.67. The fraction of sp³-hybridized carbons (Fsp3) is 0.542. The van der Waals surface area contributed by atoms with E-state index >= 15 is 0 Å². The van der Waals surface area contributed by atoms with Gasteiger partial charge in [0.25, 0.3) is 0 Å². The molecule has 0 N–H and O–H groups in total. The van der Waals surface area contributed by atoms with Crippen molar-refractivity contribution in [2.75, 3.05) is 0 Å². The molecule has 0 unspecified atom stereocenters.